The topological polar surface area (TPSA) is 89.5 Å². The average molecular weight is 340 g/mol. The molecular weight excluding hydrogens is 318 g/mol. The number of aliphatic hydroxyl groups is 1. The molecule has 3 N–H and O–H groups in total. The standard InChI is InChI=1S/C16H22ClN3O3/c1-11-13(20(8-7-17)9-10-21)6-5-12-16(11)19-14(18-12)3-2-4-15(22)23/h5-6,21H,2-4,7-10H2,1H3,(H,18,19)(H,22,23). The van der Waals surface area contributed by atoms with Gasteiger partial charge < -0.3 is 20.1 Å². The van der Waals surface area contributed by atoms with Crippen molar-refractivity contribution in [3.63, 3.8) is 0 Å². The number of hydrogen-bond acceptors (Lipinski definition) is 4. The van der Waals surface area contributed by atoms with Crippen LogP contribution in [-0.2, 0) is 11.2 Å². The normalized spacial score (nSPS) is 11.1. The van der Waals surface area contributed by atoms with Gasteiger partial charge in [0.1, 0.15) is 5.82 Å². The van der Waals surface area contributed by atoms with Crippen molar-refractivity contribution < 1.29 is 15.0 Å². The first-order valence-corrected chi connectivity index (χ1v) is 8.22. The Hall–Kier alpha value is -1.79. The van der Waals surface area contributed by atoms with Crippen molar-refractivity contribution in [3.8, 4) is 0 Å². The van der Waals surface area contributed by atoms with Crippen LogP contribution in [0.4, 0.5) is 5.69 Å². The molecule has 2 aromatic rings. The molecule has 0 bridgehead atoms. The lowest BCUT2D eigenvalue weighted by atomic mass is 10.1. The minimum Gasteiger partial charge on any atom is -0.481 e. The molecule has 0 unspecified atom stereocenters. The first kappa shape index (κ1) is 17.6. The van der Waals surface area contributed by atoms with Gasteiger partial charge >= 0.3 is 5.97 Å². The van der Waals surface area contributed by atoms with Gasteiger partial charge in [-0.1, -0.05) is 0 Å². The molecule has 0 spiro atoms. The Labute approximate surface area is 140 Å². The SMILES string of the molecule is Cc1c(N(CCO)CCCl)ccc2[nH]c(CCCC(=O)O)nc12. The molecular formula is C16H22ClN3O3. The lowest BCUT2D eigenvalue weighted by Gasteiger charge is -2.24. The summed E-state index contributed by atoms with van der Waals surface area (Å²) in [5, 5.41) is 17.9. The van der Waals surface area contributed by atoms with Crippen molar-refractivity contribution in [3.05, 3.63) is 23.5 Å². The van der Waals surface area contributed by atoms with Crippen LogP contribution >= 0.6 is 11.6 Å². The maximum atomic E-state index is 10.6. The van der Waals surface area contributed by atoms with Gasteiger partial charge in [-0.2, -0.15) is 0 Å². The summed E-state index contributed by atoms with van der Waals surface area (Å²) in [7, 11) is 0. The van der Waals surface area contributed by atoms with E-state index in [-0.39, 0.29) is 13.0 Å². The number of carbonyl (C=O) groups is 1. The van der Waals surface area contributed by atoms with E-state index in [1.54, 1.807) is 0 Å². The number of aromatic amines is 1. The molecule has 7 heteroatoms. The lowest BCUT2D eigenvalue weighted by molar-refractivity contribution is -0.137. The number of carboxylic acids is 1. The second-order valence-corrected chi connectivity index (χ2v) is 5.81. The number of aromatic nitrogens is 2. The van der Waals surface area contributed by atoms with E-state index >= 15 is 0 Å². The fraction of sp³-hybridized carbons (Fsp3) is 0.500. The molecule has 0 aliphatic carbocycles. The third-order valence-electron chi connectivity index (χ3n) is 3.80. The van der Waals surface area contributed by atoms with Crippen LogP contribution in [0.2, 0.25) is 0 Å². The van der Waals surface area contributed by atoms with Gasteiger partial charge in [0.15, 0.2) is 0 Å². The van der Waals surface area contributed by atoms with E-state index in [4.69, 9.17) is 16.7 Å². The Balaban J connectivity index is 2.25. The van der Waals surface area contributed by atoms with Crippen LogP contribution in [0.5, 0.6) is 0 Å². The Morgan fingerprint density at radius 3 is 2.83 bits per heavy atom. The van der Waals surface area contributed by atoms with E-state index < -0.39 is 5.97 Å². The summed E-state index contributed by atoms with van der Waals surface area (Å²) in [6.07, 6.45) is 1.31. The monoisotopic (exact) mass is 339 g/mol. The molecule has 0 atom stereocenters. The zero-order valence-corrected chi connectivity index (χ0v) is 13.9. The van der Waals surface area contributed by atoms with Crippen molar-refractivity contribution in [2.45, 2.75) is 26.2 Å². The van der Waals surface area contributed by atoms with Crippen LogP contribution < -0.4 is 4.90 Å². The van der Waals surface area contributed by atoms with Crippen molar-refractivity contribution in [1.29, 1.82) is 0 Å². The Morgan fingerprint density at radius 2 is 2.17 bits per heavy atom. The maximum Gasteiger partial charge on any atom is 0.303 e. The van der Waals surface area contributed by atoms with Crippen LogP contribution in [0, 0.1) is 6.92 Å². The zero-order valence-electron chi connectivity index (χ0n) is 13.2. The molecule has 0 radical (unpaired) electrons. The highest BCUT2D eigenvalue weighted by molar-refractivity contribution is 6.18. The molecule has 6 nitrogen and oxygen atoms in total. The molecule has 0 saturated carbocycles. The van der Waals surface area contributed by atoms with Crippen LogP contribution in [0.25, 0.3) is 11.0 Å². The maximum absolute atomic E-state index is 10.6. The van der Waals surface area contributed by atoms with Gasteiger partial charge in [-0.15, -0.1) is 11.6 Å². The number of halogens is 1. The minimum atomic E-state index is -0.791. The third kappa shape index (κ3) is 4.36. The summed E-state index contributed by atoms with van der Waals surface area (Å²) in [4.78, 5) is 20.5. The highest BCUT2D eigenvalue weighted by Crippen LogP contribution is 2.27. The fourth-order valence-electron chi connectivity index (χ4n) is 2.70. The van der Waals surface area contributed by atoms with Crippen LogP contribution in [0.1, 0.15) is 24.2 Å². The summed E-state index contributed by atoms with van der Waals surface area (Å²) in [5.74, 6) is 0.492. The quantitative estimate of drug-likeness (QED) is 0.610. The summed E-state index contributed by atoms with van der Waals surface area (Å²) in [6.45, 7) is 3.24. The van der Waals surface area contributed by atoms with Gasteiger partial charge in [0, 0.05) is 43.1 Å². The zero-order chi connectivity index (χ0) is 16.8. The van der Waals surface area contributed by atoms with E-state index in [1.165, 1.54) is 0 Å². The summed E-state index contributed by atoms with van der Waals surface area (Å²) in [5.41, 5.74) is 3.86. The van der Waals surface area contributed by atoms with Crippen molar-refractivity contribution >= 4 is 34.3 Å². The molecule has 0 amide bonds. The summed E-state index contributed by atoms with van der Waals surface area (Å²) >= 11 is 5.85. The number of alkyl halides is 1. The first-order chi connectivity index (χ1) is 11.1. The molecule has 0 aliphatic heterocycles. The number of aryl methyl sites for hydroxylation is 2. The number of carboxylic acid groups (broad SMARTS) is 1. The molecule has 23 heavy (non-hydrogen) atoms. The van der Waals surface area contributed by atoms with Crippen LogP contribution in [0.3, 0.4) is 0 Å². The highest BCUT2D eigenvalue weighted by Gasteiger charge is 2.13. The van der Waals surface area contributed by atoms with E-state index in [0.717, 1.165) is 28.1 Å². The van der Waals surface area contributed by atoms with Crippen molar-refractivity contribution in [2.75, 3.05) is 30.5 Å². The molecule has 2 rings (SSSR count). The number of H-pyrrole nitrogens is 1. The van der Waals surface area contributed by atoms with Gasteiger partial charge in [0.05, 0.1) is 17.6 Å². The number of rotatable bonds is 9. The highest BCUT2D eigenvalue weighted by atomic mass is 35.5. The van der Waals surface area contributed by atoms with Crippen LogP contribution in [-0.4, -0.2) is 51.7 Å². The molecule has 0 fully saturated rings. The second kappa shape index (κ2) is 8.17. The van der Waals surface area contributed by atoms with Gasteiger partial charge in [0.2, 0.25) is 0 Å². The number of imidazole rings is 1. The second-order valence-electron chi connectivity index (χ2n) is 5.44. The summed E-state index contributed by atoms with van der Waals surface area (Å²) in [6, 6.07) is 3.96. The van der Waals surface area contributed by atoms with E-state index in [1.807, 2.05) is 24.0 Å². The lowest BCUT2D eigenvalue weighted by Crippen LogP contribution is -2.29. The van der Waals surface area contributed by atoms with E-state index in [9.17, 15) is 9.90 Å². The first-order valence-electron chi connectivity index (χ1n) is 7.68. The number of benzene rings is 1. The van der Waals surface area contributed by atoms with E-state index in [2.05, 4.69) is 9.97 Å². The van der Waals surface area contributed by atoms with Gasteiger partial charge in [-0.3, -0.25) is 4.79 Å². The number of aliphatic hydroxyl groups excluding tert-OH is 1. The fourth-order valence-corrected chi connectivity index (χ4v) is 2.90. The smallest absolute Gasteiger partial charge is 0.303 e. The molecule has 1 heterocycles. The van der Waals surface area contributed by atoms with Gasteiger partial charge in [-0.25, -0.2) is 4.98 Å². The Morgan fingerprint density at radius 1 is 1.39 bits per heavy atom. The molecule has 1 aromatic carbocycles. The van der Waals surface area contributed by atoms with Crippen molar-refractivity contribution in [1.82, 2.24) is 9.97 Å². The van der Waals surface area contributed by atoms with Gasteiger partial charge in [0.25, 0.3) is 0 Å². The molecule has 1 aromatic heterocycles. The largest absolute Gasteiger partial charge is 0.481 e. The number of anilines is 1. The number of nitrogens with one attached hydrogen (secondary N) is 1. The predicted molar refractivity (Wildman–Crippen MR) is 91.4 cm³/mol. The number of hydrogen-bond donors (Lipinski definition) is 3. The third-order valence-corrected chi connectivity index (χ3v) is 3.97. The minimum absolute atomic E-state index is 0.0649. The Kier molecular flexibility index (Phi) is 6.24. The average Bonchev–Trinajstić information content (AvgIpc) is 2.91. The number of aliphatic carboxylic acids is 1. The van der Waals surface area contributed by atoms with Crippen LogP contribution in [0.15, 0.2) is 12.1 Å². The molecule has 0 saturated heterocycles. The van der Waals surface area contributed by atoms with E-state index in [0.29, 0.717) is 31.8 Å². The Bertz CT molecular complexity index is 666. The van der Waals surface area contributed by atoms with Gasteiger partial charge in [-0.05, 0) is 25.5 Å². The van der Waals surface area contributed by atoms with Crippen molar-refractivity contribution in [2.24, 2.45) is 0 Å². The molecule has 126 valence electrons. The number of fused-ring (bicyclic) bond motifs is 1. The number of nitrogens with zero attached hydrogens (tertiary/aromatic N) is 2. The molecule has 0 aliphatic rings. The summed E-state index contributed by atoms with van der Waals surface area (Å²) < 4.78 is 0. The predicted octanol–water partition coefficient (Wildman–Crippen LogP) is 2.32.